The minimum absolute atomic E-state index is 0.151. The molecule has 0 bridgehead atoms. The van der Waals surface area contributed by atoms with Crippen molar-refractivity contribution < 1.29 is 4.74 Å². The van der Waals surface area contributed by atoms with Gasteiger partial charge in [0.2, 0.25) is 0 Å². The molecule has 0 spiro atoms. The molecule has 2 aromatic rings. The van der Waals surface area contributed by atoms with E-state index in [-0.39, 0.29) is 6.10 Å². The van der Waals surface area contributed by atoms with E-state index < -0.39 is 0 Å². The smallest absolute Gasteiger partial charge is 0.144 e. The molecule has 4 nitrogen and oxygen atoms in total. The first-order valence-electron chi connectivity index (χ1n) is 7.14. The van der Waals surface area contributed by atoms with Crippen molar-refractivity contribution in [3.05, 3.63) is 58.4 Å². The summed E-state index contributed by atoms with van der Waals surface area (Å²) < 4.78 is 5.84. The lowest BCUT2D eigenvalue weighted by molar-refractivity contribution is 0.0145. The Kier molecular flexibility index (Phi) is 4.28. The Morgan fingerprint density at radius 1 is 1.36 bits per heavy atom. The van der Waals surface area contributed by atoms with Crippen molar-refractivity contribution in [2.75, 3.05) is 13.1 Å². The molecule has 3 rings (SSSR count). The fourth-order valence-electron chi connectivity index (χ4n) is 2.49. The van der Waals surface area contributed by atoms with Crippen molar-refractivity contribution in [2.45, 2.75) is 19.6 Å². The second-order valence-corrected chi connectivity index (χ2v) is 5.92. The van der Waals surface area contributed by atoms with E-state index in [1.165, 1.54) is 5.56 Å². The lowest BCUT2D eigenvalue weighted by atomic mass is 10.1. The molecule has 1 aromatic carbocycles. The molecule has 0 aliphatic carbocycles. The zero-order valence-electron chi connectivity index (χ0n) is 12.3. The van der Waals surface area contributed by atoms with Gasteiger partial charge in [-0.2, -0.15) is 5.26 Å². The quantitative estimate of drug-likeness (QED) is 0.870. The van der Waals surface area contributed by atoms with Gasteiger partial charge in [-0.05, 0) is 30.2 Å². The van der Waals surface area contributed by atoms with Crippen molar-refractivity contribution in [3.8, 4) is 11.8 Å². The van der Waals surface area contributed by atoms with Crippen LogP contribution in [0.2, 0.25) is 5.02 Å². The van der Waals surface area contributed by atoms with Crippen molar-refractivity contribution in [1.29, 1.82) is 5.26 Å². The lowest BCUT2D eigenvalue weighted by Gasteiger charge is -2.39. The monoisotopic (exact) mass is 313 g/mol. The molecule has 5 heteroatoms. The number of ether oxygens (including phenoxy) is 1. The number of benzene rings is 1. The number of halogens is 1. The maximum atomic E-state index is 8.83. The summed E-state index contributed by atoms with van der Waals surface area (Å²) in [5.74, 6) is 0.699. The molecule has 0 N–H and O–H groups in total. The normalized spacial score (nSPS) is 15.1. The highest BCUT2D eigenvalue weighted by atomic mass is 35.5. The lowest BCUT2D eigenvalue weighted by Crippen LogP contribution is -2.53. The van der Waals surface area contributed by atoms with Crippen LogP contribution in [0, 0.1) is 18.3 Å². The van der Waals surface area contributed by atoms with E-state index in [4.69, 9.17) is 21.6 Å². The van der Waals surface area contributed by atoms with Crippen LogP contribution < -0.4 is 4.74 Å². The van der Waals surface area contributed by atoms with Crippen LogP contribution in [0.5, 0.6) is 5.75 Å². The Labute approximate surface area is 134 Å². The number of hydrogen-bond acceptors (Lipinski definition) is 4. The minimum atomic E-state index is 0.151. The Bertz CT molecular complexity index is 720. The molecular weight excluding hydrogens is 298 g/mol. The van der Waals surface area contributed by atoms with Crippen molar-refractivity contribution in [1.82, 2.24) is 9.88 Å². The van der Waals surface area contributed by atoms with Crippen molar-refractivity contribution in [2.24, 2.45) is 0 Å². The molecule has 0 atom stereocenters. The topological polar surface area (TPSA) is 49.1 Å². The summed E-state index contributed by atoms with van der Waals surface area (Å²) in [7, 11) is 0. The number of likely N-dealkylation sites (tertiary alicyclic amines) is 1. The average Bonchev–Trinajstić information content (AvgIpc) is 2.47. The van der Waals surface area contributed by atoms with Crippen LogP contribution in [0.25, 0.3) is 0 Å². The SMILES string of the molecule is Cc1ccc(CN2CC(Oc3ccnc(C#N)c3)C2)c(Cl)c1. The van der Waals surface area contributed by atoms with Crippen LogP contribution >= 0.6 is 11.6 Å². The van der Waals surface area contributed by atoms with Gasteiger partial charge in [0.25, 0.3) is 0 Å². The molecule has 0 unspecified atom stereocenters. The molecule has 22 heavy (non-hydrogen) atoms. The van der Waals surface area contributed by atoms with E-state index >= 15 is 0 Å². The summed E-state index contributed by atoms with van der Waals surface area (Å²) in [4.78, 5) is 6.22. The third-order valence-electron chi connectivity index (χ3n) is 3.67. The van der Waals surface area contributed by atoms with E-state index in [0.717, 1.165) is 30.2 Å². The maximum Gasteiger partial charge on any atom is 0.144 e. The molecular formula is C17H16ClN3O. The molecule has 2 heterocycles. The van der Waals surface area contributed by atoms with Crippen LogP contribution in [0.1, 0.15) is 16.8 Å². The molecule has 1 aliphatic rings. The van der Waals surface area contributed by atoms with Crippen LogP contribution in [0.15, 0.2) is 36.5 Å². The van der Waals surface area contributed by atoms with Gasteiger partial charge < -0.3 is 4.74 Å². The molecule has 0 saturated carbocycles. The molecule has 112 valence electrons. The summed E-state index contributed by atoms with van der Waals surface area (Å²) in [5, 5.41) is 9.65. The highest BCUT2D eigenvalue weighted by Crippen LogP contribution is 2.23. The standard InChI is InChI=1S/C17H16ClN3O/c1-12-2-3-13(17(18)6-12)9-21-10-16(11-21)22-15-4-5-20-14(7-15)8-19/h2-7,16H,9-11H2,1H3. The van der Waals surface area contributed by atoms with Crippen LogP contribution in [0.3, 0.4) is 0 Å². The van der Waals surface area contributed by atoms with Gasteiger partial charge >= 0.3 is 0 Å². The predicted molar refractivity (Wildman–Crippen MR) is 84.8 cm³/mol. The number of nitriles is 1. The Morgan fingerprint density at radius 3 is 2.91 bits per heavy atom. The van der Waals surface area contributed by atoms with Gasteiger partial charge in [-0.15, -0.1) is 0 Å². The first-order valence-corrected chi connectivity index (χ1v) is 7.52. The summed E-state index contributed by atoms with van der Waals surface area (Å²) in [6.45, 7) is 4.58. The number of aromatic nitrogens is 1. The van der Waals surface area contributed by atoms with E-state index in [0.29, 0.717) is 11.4 Å². The third kappa shape index (κ3) is 3.38. The minimum Gasteiger partial charge on any atom is -0.488 e. The van der Waals surface area contributed by atoms with Gasteiger partial charge in [-0.1, -0.05) is 23.7 Å². The Hall–Kier alpha value is -2.09. The van der Waals surface area contributed by atoms with Gasteiger partial charge in [0, 0.05) is 36.9 Å². The van der Waals surface area contributed by atoms with Gasteiger partial charge in [0.05, 0.1) is 0 Å². The van der Waals surface area contributed by atoms with Gasteiger partial charge in [-0.25, -0.2) is 4.98 Å². The highest BCUT2D eigenvalue weighted by Gasteiger charge is 2.28. The summed E-state index contributed by atoms with van der Waals surface area (Å²) >= 11 is 6.26. The predicted octanol–water partition coefficient (Wildman–Crippen LogP) is 3.18. The zero-order chi connectivity index (χ0) is 15.5. The molecule has 0 radical (unpaired) electrons. The zero-order valence-corrected chi connectivity index (χ0v) is 13.0. The van der Waals surface area contributed by atoms with Crippen LogP contribution in [-0.4, -0.2) is 29.1 Å². The second kappa shape index (κ2) is 6.35. The van der Waals surface area contributed by atoms with Crippen LogP contribution in [0.4, 0.5) is 0 Å². The second-order valence-electron chi connectivity index (χ2n) is 5.52. The Morgan fingerprint density at radius 2 is 2.18 bits per heavy atom. The van der Waals surface area contributed by atoms with E-state index in [9.17, 15) is 0 Å². The van der Waals surface area contributed by atoms with E-state index in [2.05, 4.69) is 22.0 Å². The molecule has 1 aliphatic heterocycles. The highest BCUT2D eigenvalue weighted by molar-refractivity contribution is 6.31. The molecule has 1 fully saturated rings. The first-order chi connectivity index (χ1) is 10.6. The van der Waals surface area contributed by atoms with Gasteiger partial charge in [0.15, 0.2) is 0 Å². The number of aryl methyl sites for hydroxylation is 1. The molecule has 1 aromatic heterocycles. The summed E-state index contributed by atoms with van der Waals surface area (Å²) in [6, 6.07) is 11.6. The maximum absolute atomic E-state index is 8.83. The number of nitrogens with zero attached hydrogens (tertiary/aromatic N) is 3. The van der Waals surface area contributed by atoms with Crippen molar-refractivity contribution >= 4 is 11.6 Å². The van der Waals surface area contributed by atoms with E-state index in [1.54, 1.807) is 18.3 Å². The molecule has 0 amide bonds. The summed E-state index contributed by atoms with van der Waals surface area (Å²) in [6.07, 6.45) is 1.74. The number of hydrogen-bond donors (Lipinski definition) is 0. The summed E-state index contributed by atoms with van der Waals surface area (Å²) in [5.41, 5.74) is 2.69. The molecule has 1 saturated heterocycles. The largest absolute Gasteiger partial charge is 0.488 e. The fourth-order valence-corrected chi connectivity index (χ4v) is 2.78. The first kappa shape index (κ1) is 14.8. The fraction of sp³-hybridized carbons (Fsp3) is 0.294. The van der Waals surface area contributed by atoms with E-state index in [1.807, 2.05) is 19.1 Å². The van der Waals surface area contributed by atoms with Gasteiger partial charge in [-0.3, -0.25) is 4.90 Å². The number of pyridine rings is 1. The Balaban J connectivity index is 1.53. The van der Waals surface area contributed by atoms with Gasteiger partial charge in [0.1, 0.15) is 23.6 Å². The number of rotatable bonds is 4. The third-order valence-corrected chi connectivity index (χ3v) is 4.03. The van der Waals surface area contributed by atoms with Crippen LogP contribution in [-0.2, 0) is 6.54 Å². The van der Waals surface area contributed by atoms with Crippen molar-refractivity contribution in [3.63, 3.8) is 0 Å². The average molecular weight is 314 g/mol.